The molecule has 2 aromatic rings. The Morgan fingerprint density at radius 2 is 2.18 bits per heavy atom. The fourth-order valence-corrected chi connectivity index (χ4v) is 3.28. The van der Waals surface area contributed by atoms with Gasteiger partial charge in [-0.3, -0.25) is 4.79 Å². The van der Waals surface area contributed by atoms with Gasteiger partial charge in [-0.1, -0.05) is 0 Å². The summed E-state index contributed by atoms with van der Waals surface area (Å²) in [6.45, 7) is 0. The Bertz CT molecular complexity index is 505. The maximum atomic E-state index is 11.2. The van der Waals surface area contributed by atoms with Crippen LogP contribution in [0.15, 0.2) is 23.8 Å². The normalized spacial score (nSPS) is 17.5. The first-order valence-electron chi connectivity index (χ1n) is 5.93. The number of thiazole rings is 1. The summed E-state index contributed by atoms with van der Waals surface area (Å²) in [5.74, 6) is 0.897. The minimum absolute atomic E-state index is 0.406. The van der Waals surface area contributed by atoms with Crippen molar-refractivity contribution in [3.8, 4) is 11.3 Å². The maximum absolute atomic E-state index is 11.2. The Kier molecular flexibility index (Phi) is 2.81. The molecule has 2 aromatic heterocycles. The number of nitrogens with one attached hydrogen (secondary N) is 1. The van der Waals surface area contributed by atoms with Crippen molar-refractivity contribution in [2.45, 2.75) is 31.6 Å². The molecule has 3 rings (SSSR count). The van der Waals surface area contributed by atoms with E-state index in [0.717, 1.165) is 36.9 Å². The van der Waals surface area contributed by atoms with Gasteiger partial charge in [0.05, 0.1) is 10.7 Å². The highest BCUT2D eigenvalue weighted by atomic mass is 32.1. The molecule has 88 valence electrons. The second-order valence-corrected chi connectivity index (χ2v) is 5.37. The van der Waals surface area contributed by atoms with E-state index >= 15 is 0 Å². The third kappa shape index (κ3) is 2.17. The van der Waals surface area contributed by atoms with Crippen LogP contribution in [0.3, 0.4) is 0 Å². The summed E-state index contributed by atoms with van der Waals surface area (Å²) in [5.41, 5.74) is 2.18. The number of carbonyl (C=O) groups is 1. The number of hydrogen-bond donors (Lipinski definition) is 1. The number of carbonyl (C=O) groups excluding carboxylic acids is 1. The van der Waals surface area contributed by atoms with E-state index in [2.05, 4.69) is 15.3 Å². The van der Waals surface area contributed by atoms with Crippen molar-refractivity contribution in [3.63, 3.8) is 0 Å². The minimum atomic E-state index is 0.406. The van der Waals surface area contributed by atoms with Gasteiger partial charge in [0.2, 0.25) is 0 Å². The first-order valence-corrected chi connectivity index (χ1v) is 6.81. The van der Waals surface area contributed by atoms with Crippen LogP contribution in [-0.4, -0.2) is 15.8 Å². The van der Waals surface area contributed by atoms with Crippen LogP contribution in [-0.2, 0) is 4.79 Å². The van der Waals surface area contributed by atoms with Crippen LogP contribution in [0.4, 0.5) is 0 Å². The molecule has 0 bridgehead atoms. The van der Waals surface area contributed by atoms with E-state index in [9.17, 15) is 4.79 Å². The SMILES string of the molecule is O=C1CCC(c2nc(-c3cc[nH]c3)cs2)CC1. The van der Waals surface area contributed by atoms with Gasteiger partial charge in [0.1, 0.15) is 5.78 Å². The van der Waals surface area contributed by atoms with Crippen LogP contribution in [0.1, 0.15) is 36.6 Å². The van der Waals surface area contributed by atoms with Gasteiger partial charge in [-0.05, 0) is 18.9 Å². The fourth-order valence-electron chi connectivity index (χ4n) is 2.28. The third-order valence-corrected chi connectivity index (χ3v) is 4.32. The summed E-state index contributed by atoms with van der Waals surface area (Å²) in [6.07, 6.45) is 7.27. The molecule has 0 saturated heterocycles. The highest BCUT2D eigenvalue weighted by Gasteiger charge is 2.22. The van der Waals surface area contributed by atoms with Crippen LogP contribution in [0.5, 0.6) is 0 Å². The molecule has 0 aliphatic heterocycles. The van der Waals surface area contributed by atoms with E-state index < -0.39 is 0 Å². The predicted octanol–water partition coefficient (Wildman–Crippen LogP) is 3.36. The van der Waals surface area contributed by atoms with E-state index in [-0.39, 0.29) is 0 Å². The van der Waals surface area contributed by atoms with Gasteiger partial charge in [0, 0.05) is 42.1 Å². The molecule has 0 amide bonds. The number of Topliss-reactive ketones (excluding diaryl/α,β-unsaturated/α-hetero) is 1. The number of nitrogens with zero attached hydrogens (tertiary/aromatic N) is 1. The molecule has 0 spiro atoms. The van der Waals surface area contributed by atoms with Crippen molar-refractivity contribution in [1.29, 1.82) is 0 Å². The standard InChI is InChI=1S/C13H14N2OS/c16-11-3-1-9(2-4-11)13-15-12(8-17-13)10-5-6-14-7-10/h5-9,14H,1-4H2. The number of H-pyrrole nitrogens is 1. The molecule has 0 radical (unpaired) electrons. The lowest BCUT2D eigenvalue weighted by Crippen LogP contribution is -2.12. The third-order valence-electron chi connectivity index (χ3n) is 3.31. The van der Waals surface area contributed by atoms with Crippen molar-refractivity contribution < 1.29 is 4.79 Å². The van der Waals surface area contributed by atoms with Crippen LogP contribution in [0, 0.1) is 0 Å². The summed E-state index contributed by atoms with van der Waals surface area (Å²) < 4.78 is 0. The zero-order valence-electron chi connectivity index (χ0n) is 9.48. The van der Waals surface area contributed by atoms with Crippen LogP contribution < -0.4 is 0 Å². The molecule has 2 heterocycles. The van der Waals surface area contributed by atoms with Crippen LogP contribution in [0.2, 0.25) is 0 Å². The predicted molar refractivity (Wildman–Crippen MR) is 68.1 cm³/mol. The molecule has 4 heteroatoms. The maximum Gasteiger partial charge on any atom is 0.132 e. The van der Waals surface area contributed by atoms with Gasteiger partial charge >= 0.3 is 0 Å². The molecule has 1 aliphatic rings. The highest BCUT2D eigenvalue weighted by Crippen LogP contribution is 2.34. The van der Waals surface area contributed by atoms with E-state index in [0.29, 0.717) is 11.7 Å². The number of hydrogen-bond acceptors (Lipinski definition) is 3. The molecule has 0 unspecified atom stereocenters. The Balaban J connectivity index is 1.79. The quantitative estimate of drug-likeness (QED) is 0.883. The molecule has 3 nitrogen and oxygen atoms in total. The van der Waals surface area contributed by atoms with Gasteiger partial charge in [0.15, 0.2) is 0 Å². The average Bonchev–Trinajstić information content (AvgIpc) is 3.00. The van der Waals surface area contributed by atoms with E-state index in [4.69, 9.17) is 0 Å². The van der Waals surface area contributed by atoms with Crippen molar-refractivity contribution in [2.75, 3.05) is 0 Å². The molecule has 1 fully saturated rings. The number of aromatic nitrogens is 2. The fraction of sp³-hybridized carbons (Fsp3) is 0.385. The van der Waals surface area contributed by atoms with Gasteiger partial charge in [-0.2, -0.15) is 0 Å². The lowest BCUT2D eigenvalue weighted by molar-refractivity contribution is -0.120. The van der Waals surface area contributed by atoms with Crippen LogP contribution in [0.25, 0.3) is 11.3 Å². The Morgan fingerprint density at radius 1 is 1.35 bits per heavy atom. The largest absolute Gasteiger partial charge is 0.367 e. The first-order chi connectivity index (χ1) is 8.33. The van der Waals surface area contributed by atoms with Gasteiger partial charge in [0.25, 0.3) is 0 Å². The van der Waals surface area contributed by atoms with E-state index in [1.165, 1.54) is 5.01 Å². The lowest BCUT2D eigenvalue weighted by atomic mass is 9.89. The molecule has 1 aliphatic carbocycles. The molecular formula is C13H14N2OS. The van der Waals surface area contributed by atoms with E-state index in [1.807, 2.05) is 18.5 Å². The highest BCUT2D eigenvalue weighted by molar-refractivity contribution is 7.10. The first kappa shape index (κ1) is 10.7. The lowest BCUT2D eigenvalue weighted by Gasteiger charge is -2.18. The van der Waals surface area contributed by atoms with Crippen molar-refractivity contribution >= 4 is 17.1 Å². The Labute approximate surface area is 104 Å². The van der Waals surface area contributed by atoms with Crippen molar-refractivity contribution in [2.24, 2.45) is 0 Å². The minimum Gasteiger partial charge on any atom is -0.367 e. The topological polar surface area (TPSA) is 45.8 Å². The van der Waals surface area contributed by atoms with E-state index in [1.54, 1.807) is 11.3 Å². The molecular weight excluding hydrogens is 232 g/mol. The average molecular weight is 246 g/mol. The Morgan fingerprint density at radius 3 is 2.88 bits per heavy atom. The smallest absolute Gasteiger partial charge is 0.132 e. The zero-order chi connectivity index (χ0) is 11.7. The van der Waals surface area contributed by atoms with Gasteiger partial charge < -0.3 is 4.98 Å². The molecule has 0 atom stereocenters. The molecule has 17 heavy (non-hydrogen) atoms. The number of aromatic amines is 1. The molecule has 1 N–H and O–H groups in total. The summed E-state index contributed by atoms with van der Waals surface area (Å²) >= 11 is 1.72. The zero-order valence-corrected chi connectivity index (χ0v) is 10.3. The number of rotatable bonds is 2. The van der Waals surface area contributed by atoms with Crippen LogP contribution >= 0.6 is 11.3 Å². The number of ketones is 1. The second-order valence-electron chi connectivity index (χ2n) is 4.48. The monoisotopic (exact) mass is 246 g/mol. The Hall–Kier alpha value is -1.42. The summed E-state index contributed by atoms with van der Waals surface area (Å²) in [7, 11) is 0. The van der Waals surface area contributed by atoms with Gasteiger partial charge in [-0.25, -0.2) is 4.98 Å². The van der Waals surface area contributed by atoms with Crippen molar-refractivity contribution in [1.82, 2.24) is 9.97 Å². The summed E-state index contributed by atoms with van der Waals surface area (Å²) in [6, 6.07) is 2.03. The van der Waals surface area contributed by atoms with Gasteiger partial charge in [-0.15, -0.1) is 11.3 Å². The molecule has 0 aromatic carbocycles. The summed E-state index contributed by atoms with van der Waals surface area (Å²) in [5, 5.41) is 3.29. The second kappa shape index (κ2) is 4.45. The summed E-state index contributed by atoms with van der Waals surface area (Å²) in [4.78, 5) is 18.9. The van der Waals surface area contributed by atoms with Crippen molar-refractivity contribution in [3.05, 3.63) is 28.8 Å². The molecule has 1 saturated carbocycles.